The first-order valence-corrected chi connectivity index (χ1v) is 5.31. The molecule has 0 radical (unpaired) electrons. The number of aromatic nitrogens is 3. The molecular formula is C9H14N4O5. The summed E-state index contributed by atoms with van der Waals surface area (Å²) >= 11 is 0. The van der Waals surface area contributed by atoms with Crippen LogP contribution in [-0.4, -0.2) is 55.0 Å². The Kier molecular flexibility index (Phi) is 3.30. The first-order valence-electron chi connectivity index (χ1n) is 5.31. The molecule has 9 heteroatoms. The lowest BCUT2D eigenvalue weighted by Crippen LogP contribution is -2.38. The highest BCUT2D eigenvalue weighted by atomic mass is 16.6. The van der Waals surface area contributed by atoms with E-state index in [2.05, 4.69) is 10.1 Å². The Morgan fingerprint density at radius 2 is 2.11 bits per heavy atom. The second kappa shape index (κ2) is 4.61. The first-order chi connectivity index (χ1) is 8.45. The maximum atomic E-state index is 11.6. The third-order valence-electron chi connectivity index (χ3n) is 2.80. The van der Waals surface area contributed by atoms with E-state index in [1.54, 1.807) is 6.92 Å². The van der Waals surface area contributed by atoms with Crippen molar-refractivity contribution >= 4 is 5.82 Å². The number of anilines is 1. The van der Waals surface area contributed by atoms with E-state index in [1.165, 1.54) is 0 Å². The summed E-state index contributed by atoms with van der Waals surface area (Å²) in [5, 5.41) is 32.1. The van der Waals surface area contributed by atoms with Crippen LogP contribution in [0.1, 0.15) is 11.9 Å². The van der Waals surface area contributed by atoms with Crippen LogP contribution in [0, 0.1) is 6.92 Å². The van der Waals surface area contributed by atoms with E-state index in [1.807, 2.05) is 0 Å². The molecule has 0 saturated carbocycles. The molecule has 4 atom stereocenters. The molecule has 18 heavy (non-hydrogen) atoms. The van der Waals surface area contributed by atoms with E-state index in [-0.39, 0.29) is 5.82 Å². The number of rotatable bonds is 2. The Morgan fingerprint density at radius 3 is 2.67 bits per heavy atom. The lowest BCUT2D eigenvalue weighted by atomic mass is 10.1. The van der Waals surface area contributed by atoms with Crippen LogP contribution in [0.5, 0.6) is 0 Å². The predicted octanol–water partition coefficient (Wildman–Crippen LogP) is -2.86. The molecule has 1 aromatic heterocycles. The Morgan fingerprint density at radius 1 is 1.44 bits per heavy atom. The molecule has 1 saturated heterocycles. The van der Waals surface area contributed by atoms with Gasteiger partial charge < -0.3 is 25.8 Å². The molecule has 0 bridgehead atoms. The topological polar surface area (TPSA) is 144 Å². The zero-order valence-electron chi connectivity index (χ0n) is 9.59. The van der Waals surface area contributed by atoms with Crippen LogP contribution in [-0.2, 0) is 4.74 Å². The second-order valence-corrected chi connectivity index (χ2v) is 4.04. The van der Waals surface area contributed by atoms with Gasteiger partial charge in [0.05, 0.1) is 6.61 Å². The van der Waals surface area contributed by atoms with Crippen molar-refractivity contribution in [1.82, 2.24) is 14.8 Å². The van der Waals surface area contributed by atoms with Gasteiger partial charge in [0.25, 0.3) is 0 Å². The molecule has 0 amide bonds. The SMILES string of the molecule is Cc1nn([C@@H]2O[C@H](CO)[C@@H](O)[C@H]2O)c(=O)nc1N. The Labute approximate surface area is 101 Å². The summed E-state index contributed by atoms with van der Waals surface area (Å²) in [6.45, 7) is 1.06. The van der Waals surface area contributed by atoms with Crippen LogP contribution < -0.4 is 11.4 Å². The normalized spacial score (nSPS) is 31.8. The van der Waals surface area contributed by atoms with Gasteiger partial charge in [-0.2, -0.15) is 14.8 Å². The summed E-state index contributed by atoms with van der Waals surface area (Å²) in [4.78, 5) is 15.1. The summed E-state index contributed by atoms with van der Waals surface area (Å²) in [5.41, 5.74) is 4.92. The van der Waals surface area contributed by atoms with Crippen molar-refractivity contribution in [2.45, 2.75) is 31.5 Å². The van der Waals surface area contributed by atoms with Crippen molar-refractivity contribution in [1.29, 1.82) is 0 Å². The molecule has 1 aliphatic rings. The van der Waals surface area contributed by atoms with Crippen LogP contribution >= 0.6 is 0 Å². The van der Waals surface area contributed by atoms with Crippen LogP contribution in [0.3, 0.4) is 0 Å². The monoisotopic (exact) mass is 258 g/mol. The van der Waals surface area contributed by atoms with E-state index >= 15 is 0 Å². The van der Waals surface area contributed by atoms with Crippen LogP contribution in [0.15, 0.2) is 4.79 Å². The van der Waals surface area contributed by atoms with E-state index in [0.717, 1.165) is 4.68 Å². The lowest BCUT2D eigenvalue weighted by Gasteiger charge is -2.16. The number of aryl methyl sites for hydroxylation is 1. The van der Waals surface area contributed by atoms with E-state index in [4.69, 9.17) is 15.6 Å². The summed E-state index contributed by atoms with van der Waals surface area (Å²) in [6, 6.07) is 0. The highest BCUT2D eigenvalue weighted by Gasteiger charge is 2.44. The molecule has 2 rings (SSSR count). The fourth-order valence-electron chi connectivity index (χ4n) is 1.74. The van der Waals surface area contributed by atoms with E-state index < -0.39 is 36.8 Å². The van der Waals surface area contributed by atoms with Crippen molar-refractivity contribution in [3.8, 4) is 0 Å². The van der Waals surface area contributed by atoms with Crippen molar-refractivity contribution in [3.05, 3.63) is 16.2 Å². The molecule has 0 aromatic carbocycles. The zero-order valence-corrected chi connectivity index (χ0v) is 9.59. The van der Waals surface area contributed by atoms with Gasteiger partial charge in [-0.25, -0.2) is 4.79 Å². The van der Waals surface area contributed by atoms with Gasteiger partial charge in [-0.3, -0.25) is 0 Å². The van der Waals surface area contributed by atoms with Gasteiger partial charge in [0.1, 0.15) is 24.0 Å². The summed E-state index contributed by atoms with van der Waals surface area (Å²) < 4.78 is 5.97. The maximum absolute atomic E-state index is 11.6. The lowest BCUT2D eigenvalue weighted by molar-refractivity contribution is -0.0618. The van der Waals surface area contributed by atoms with Gasteiger partial charge in [0, 0.05) is 0 Å². The quantitative estimate of drug-likeness (QED) is 0.443. The fraction of sp³-hybridized carbons (Fsp3) is 0.667. The van der Waals surface area contributed by atoms with Crippen LogP contribution in [0.25, 0.3) is 0 Å². The Bertz CT molecular complexity index is 504. The average molecular weight is 258 g/mol. The Balaban J connectivity index is 2.39. The molecule has 0 unspecified atom stereocenters. The Hall–Kier alpha value is -1.55. The molecule has 1 aromatic rings. The van der Waals surface area contributed by atoms with Gasteiger partial charge in [-0.1, -0.05) is 0 Å². The molecule has 1 fully saturated rings. The highest BCUT2D eigenvalue weighted by Crippen LogP contribution is 2.27. The predicted molar refractivity (Wildman–Crippen MR) is 58.5 cm³/mol. The van der Waals surface area contributed by atoms with Gasteiger partial charge in [-0.05, 0) is 6.92 Å². The van der Waals surface area contributed by atoms with Gasteiger partial charge in [-0.15, -0.1) is 0 Å². The van der Waals surface area contributed by atoms with Gasteiger partial charge in [0.2, 0.25) is 0 Å². The highest BCUT2D eigenvalue weighted by molar-refractivity contribution is 5.30. The number of aliphatic hydroxyl groups is 3. The zero-order chi connectivity index (χ0) is 13.4. The average Bonchev–Trinajstić information content (AvgIpc) is 2.61. The largest absolute Gasteiger partial charge is 0.394 e. The number of nitrogen functional groups attached to an aromatic ring is 1. The van der Waals surface area contributed by atoms with Crippen LogP contribution in [0.4, 0.5) is 5.82 Å². The molecule has 9 nitrogen and oxygen atoms in total. The van der Waals surface area contributed by atoms with Crippen molar-refractivity contribution in [2.24, 2.45) is 0 Å². The molecular weight excluding hydrogens is 244 g/mol. The molecule has 2 heterocycles. The molecule has 100 valence electrons. The standard InChI is InChI=1S/C9H14N4O5/c1-3-7(10)11-9(17)13(12-3)8-6(16)5(15)4(2-14)18-8/h4-6,8,14-16H,2H2,1H3,(H2,10,11,17)/t4-,5-,6-,8-/m1/s1. The minimum absolute atomic E-state index is 0.0111. The number of hydrogen-bond donors (Lipinski definition) is 4. The summed E-state index contributed by atoms with van der Waals surface area (Å²) in [5.74, 6) is -0.0111. The molecule has 0 aliphatic carbocycles. The summed E-state index contributed by atoms with van der Waals surface area (Å²) in [6.07, 6.45) is -4.85. The van der Waals surface area contributed by atoms with Crippen molar-refractivity contribution < 1.29 is 20.1 Å². The number of nitrogens with zero attached hydrogens (tertiary/aromatic N) is 3. The number of hydrogen-bond acceptors (Lipinski definition) is 8. The summed E-state index contributed by atoms with van der Waals surface area (Å²) in [7, 11) is 0. The number of aliphatic hydroxyl groups excluding tert-OH is 3. The molecule has 0 spiro atoms. The molecule has 1 aliphatic heterocycles. The minimum Gasteiger partial charge on any atom is -0.394 e. The third-order valence-corrected chi connectivity index (χ3v) is 2.80. The third kappa shape index (κ3) is 1.97. The number of nitrogens with two attached hydrogens (primary N) is 1. The number of ether oxygens (including phenoxy) is 1. The van der Waals surface area contributed by atoms with Crippen molar-refractivity contribution in [3.63, 3.8) is 0 Å². The van der Waals surface area contributed by atoms with E-state index in [0.29, 0.717) is 5.69 Å². The smallest absolute Gasteiger partial charge is 0.368 e. The first kappa shape index (κ1) is 12.9. The van der Waals surface area contributed by atoms with Crippen LogP contribution in [0.2, 0.25) is 0 Å². The van der Waals surface area contributed by atoms with E-state index in [9.17, 15) is 15.0 Å². The van der Waals surface area contributed by atoms with Gasteiger partial charge in [0.15, 0.2) is 12.0 Å². The fourth-order valence-corrected chi connectivity index (χ4v) is 1.74. The second-order valence-electron chi connectivity index (χ2n) is 4.04. The maximum Gasteiger partial charge on any atom is 0.368 e. The van der Waals surface area contributed by atoms with Crippen molar-refractivity contribution in [2.75, 3.05) is 12.3 Å². The minimum atomic E-state index is -1.38. The van der Waals surface area contributed by atoms with Gasteiger partial charge >= 0.3 is 5.69 Å². The molecule has 5 N–H and O–H groups in total.